The zero-order valence-electron chi connectivity index (χ0n) is 9.19. The van der Waals surface area contributed by atoms with Crippen LogP contribution in [0.25, 0.3) is 0 Å². The summed E-state index contributed by atoms with van der Waals surface area (Å²) in [5.74, 6) is 1.51. The molecule has 0 radical (unpaired) electrons. The lowest BCUT2D eigenvalue weighted by atomic mass is 10.1. The first kappa shape index (κ1) is 10.7. The van der Waals surface area contributed by atoms with Crippen molar-refractivity contribution in [1.29, 1.82) is 0 Å². The standard InChI is InChI=1S/C13H19NO/c1-10(15)8-14-9-12-7-13(12)11-5-3-2-4-6-11/h2-6,10,12-15H,7-9H2,1H3/t10-,12?,13?/m0/s1. The molecule has 0 aromatic heterocycles. The van der Waals surface area contributed by atoms with Crippen molar-refractivity contribution in [3.63, 3.8) is 0 Å². The zero-order chi connectivity index (χ0) is 10.7. The number of hydrogen-bond acceptors (Lipinski definition) is 2. The summed E-state index contributed by atoms with van der Waals surface area (Å²) in [6.45, 7) is 3.55. The van der Waals surface area contributed by atoms with Crippen molar-refractivity contribution in [3.8, 4) is 0 Å². The molecule has 1 aliphatic rings. The molecule has 0 amide bonds. The molecule has 1 aromatic rings. The monoisotopic (exact) mass is 205 g/mol. The molecular weight excluding hydrogens is 186 g/mol. The van der Waals surface area contributed by atoms with Gasteiger partial charge in [0.25, 0.3) is 0 Å². The highest BCUT2D eigenvalue weighted by atomic mass is 16.3. The second-order valence-electron chi connectivity index (χ2n) is 4.52. The fraction of sp³-hybridized carbons (Fsp3) is 0.538. The first-order valence-corrected chi connectivity index (χ1v) is 5.71. The van der Waals surface area contributed by atoms with Crippen LogP contribution in [0.15, 0.2) is 30.3 Å². The maximum atomic E-state index is 9.11. The quantitative estimate of drug-likeness (QED) is 0.767. The molecule has 15 heavy (non-hydrogen) atoms. The van der Waals surface area contributed by atoms with Gasteiger partial charge >= 0.3 is 0 Å². The highest BCUT2D eigenvalue weighted by Crippen LogP contribution is 2.46. The Balaban J connectivity index is 1.72. The molecule has 0 aliphatic heterocycles. The van der Waals surface area contributed by atoms with Gasteiger partial charge in [0.1, 0.15) is 0 Å². The minimum absolute atomic E-state index is 0.237. The Morgan fingerprint density at radius 2 is 2.13 bits per heavy atom. The van der Waals surface area contributed by atoms with Crippen molar-refractivity contribution < 1.29 is 5.11 Å². The minimum Gasteiger partial charge on any atom is -0.392 e. The van der Waals surface area contributed by atoms with Crippen molar-refractivity contribution in [2.45, 2.75) is 25.4 Å². The summed E-state index contributed by atoms with van der Waals surface area (Å²) in [5, 5.41) is 12.4. The number of aliphatic hydroxyl groups is 1. The maximum absolute atomic E-state index is 9.11. The second-order valence-corrected chi connectivity index (χ2v) is 4.52. The first-order chi connectivity index (χ1) is 7.27. The van der Waals surface area contributed by atoms with Crippen LogP contribution >= 0.6 is 0 Å². The van der Waals surface area contributed by atoms with Crippen LogP contribution in [-0.2, 0) is 0 Å². The zero-order valence-corrected chi connectivity index (χ0v) is 9.19. The molecule has 2 heteroatoms. The minimum atomic E-state index is -0.237. The molecule has 1 fully saturated rings. The fourth-order valence-corrected chi connectivity index (χ4v) is 2.06. The van der Waals surface area contributed by atoms with Crippen LogP contribution in [0.2, 0.25) is 0 Å². The summed E-state index contributed by atoms with van der Waals surface area (Å²) in [6, 6.07) is 10.7. The summed E-state index contributed by atoms with van der Waals surface area (Å²) >= 11 is 0. The molecule has 0 bridgehead atoms. The van der Waals surface area contributed by atoms with Crippen molar-refractivity contribution >= 4 is 0 Å². The third-order valence-electron chi connectivity index (χ3n) is 3.00. The Morgan fingerprint density at radius 1 is 1.40 bits per heavy atom. The van der Waals surface area contributed by atoms with Crippen LogP contribution in [0.5, 0.6) is 0 Å². The summed E-state index contributed by atoms with van der Waals surface area (Å²) in [6.07, 6.45) is 1.05. The van der Waals surface area contributed by atoms with Crippen LogP contribution in [0.1, 0.15) is 24.8 Å². The van der Waals surface area contributed by atoms with Gasteiger partial charge < -0.3 is 10.4 Å². The normalized spacial score (nSPS) is 26.3. The first-order valence-electron chi connectivity index (χ1n) is 5.71. The lowest BCUT2D eigenvalue weighted by Gasteiger charge is -2.06. The van der Waals surface area contributed by atoms with E-state index in [4.69, 9.17) is 5.11 Å². The summed E-state index contributed by atoms with van der Waals surface area (Å²) in [7, 11) is 0. The third-order valence-corrected chi connectivity index (χ3v) is 3.00. The largest absolute Gasteiger partial charge is 0.392 e. The number of rotatable bonds is 5. The molecule has 0 spiro atoms. The highest BCUT2D eigenvalue weighted by Gasteiger charge is 2.37. The Morgan fingerprint density at radius 3 is 2.80 bits per heavy atom. The lowest BCUT2D eigenvalue weighted by molar-refractivity contribution is 0.191. The maximum Gasteiger partial charge on any atom is 0.0636 e. The molecule has 3 atom stereocenters. The van der Waals surface area contributed by atoms with E-state index >= 15 is 0 Å². The van der Waals surface area contributed by atoms with Crippen molar-refractivity contribution in [2.24, 2.45) is 5.92 Å². The number of nitrogens with one attached hydrogen (secondary N) is 1. The van der Waals surface area contributed by atoms with Crippen molar-refractivity contribution in [1.82, 2.24) is 5.32 Å². The van der Waals surface area contributed by atoms with Gasteiger partial charge in [-0.2, -0.15) is 0 Å². The van der Waals surface area contributed by atoms with Gasteiger partial charge in [-0.05, 0) is 37.3 Å². The molecule has 1 saturated carbocycles. The lowest BCUT2D eigenvalue weighted by Crippen LogP contribution is -2.26. The van der Waals surface area contributed by atoms with Crippen LogP contribution in [0, 0.1) is 5.92 Å². The molecule has 2 rings (SSSR count). The van der Waals surface area contributed by atoms with Gasteiger partial charge in [-0.3, -0.25) is 0 Å². The molecule has 2 unspecified atom stereocenters. The average Bonchev–Trinajstić information content (AvgIpc) is 2.98. The molecule has 1 aliphatic carbocycles. The smallest absolute Gasteiger partial charge is 0.0636 e. The van der Waals surface area contributed by atoms with Gasteiger partial charge in [0.15, 0.2) is 0 Å². The third kappa shape index (κ3) is 3.05. The van der Waals surface area contributed by atoms with Gasteiger partial charge in [0.2, 0.25) is 0 Å². The number of aliphatic hydroxyl groups excluding tert-OH is 1. The predicted octanol–water partition coefficient (Wildman–Crippen LogP) is 1.76. The van der Waals surface area contributed by atoms with Crippen LogP contribution < -0.4 is 5.32 Å². The van der Waals surface area contributed by atoms with E-state index in [1.165, 1.54) is 12.0 Å². The molecule has 2 N–H and O–H groups in total. The van der Waals surface area contributed by atoms with E-state index < -0.39 is 0 Å². The molecular formula is C13H19NO. The molecule has 2 nitrogen and oxygen atoms in total. The fourth-order valence-electron chi connectivity index (χ4n) is 2.06. The van der Waals surface area contributed by atoms with E-state index in [1.54, 1.807) is 0 Å². The van der Waals surface area contributed by atoms with E-state index in [-0.39, 0.29) is 6.10 Å². The topological polar surface area (TPSA) is 32.3 Å². The van der Waals surface area contributed by atoms with E-state index in [2.05, 4.69) is 35.6 Å². The Bertz CT molecular complexity index is 297. The summed E-state index contributed by atoms with van der Waals surface area (Å²) in [4.78, 5) is 0. The Labute approximate surface area is 91.3 Å². The van der Waals surface area contributed by atoms with Gasteiger partial charge in [-0.15, -0.1) is 0 Å². The van der Waals surface area contributed by atoms with Crippen LogP contribution in [0.4, 0.5) is 0 Å². The highest BCUT2D eigenvalue weighted by molar-refractivity contribution is 5.25. The Kier molecular flexibility index (Phi) is 3.39. The van der Waals surface area contributed by atoms with E-state index in [9.17, 15) is 0 Å². The SMILES string of the molecule is C[C@H](O)CNCC1CC1c1ccccc1. The van der Waals surface area contributed by atoms with Gasteiger partial charge in [-0.1, -0.05) is 30.3 Å². The van der Waals surface area contributed by atoms with Crippen LogP contribution in [0.3, 0.4) is 0 Å². The van der Waals surface area contributed by atoms with Gasteiger partial charge in [0.05, 0.1) is 6.10 Å². The van der Waals surface area contributed by atoms with E-state index in [0.29, 0.717) is 6.54 Å². The predicted molar refractivity (Wildman–Crippen MR) is 61.8 cm³/mol. The molecule has 82 valence electrons. The molecule has 0 saturated heterocycles. The molecule has 0 heterocycles. The number of hydrogen-bond donors (Lipinski definition) is 2. The van der Waals surface area contributed by atoms with Gasteiger partial charge in [-0.25, -0.2) is 0 Å². The average molecular weight is 205 g/mol. The van der Waals surface area contributed by atoms with E-state index in [0.717, 1.165) is 18.4 Å². The Hall–Kier alpha value is -0.860. The van der Waals surface area contributed by atoms with Gasteiger partial charge in [0, 0.05) is 6.54 Å². The second kappa shape index (κ2) is 4.77. The molecule has 1 aromatic carbocycles. The van der Waals surface area contributed by atoms with Crippen LogP contribution in [-0.4, -0.2) is 24.3 Å². The van der Waals surface area contributed by atoms with Crippen molar-refractivity contribution in [3.05, 3.63) is 35.9 Å². The van der Waals surface area contributed by atoms with Crippen molar-refractivity contribution in [2.75, 3.05) is 13.1 Å². The number of benzene rings is 1. The summed E-state index contributed by atoms with van der Waals surface area (Å²) < 4.78 is 0. The van der Waals surface area contributed by atoms with E-state index in [1.807, 2.05) is 6.92 Å². The summed E-state index contributed by atoms with van der Waals surface area (Å²) in [5.41, 5.74) is 1.46.